The van der Waals surface area contributed by atoms with Crippen molar-refractivity contribution in [2.75, 3.05) is 64.0 Å². The molecule has 3 aliphatic rings. The van der Waals surface area contributed by atoms with E-state index in [4.69, 9.17) is 25.7 Å². The molecule has 2 aromatic heterocycles. The first-order chi connectivity index (χ1) is 27.9. The first kappa shape index (κ1) is 41.0. The SMILES string of the molecule is C[C@H]1CCCCN1C(=N)C[n+]1cc(OC2CC[C@H](NC(=O)Nc3cc(C(C)(C)C)nn3-c3cccc(OCCN4CCCN(C)CC4)c3)c3ccccc32)ccc1N. The molecular weight excluding hydrogens is 729 g/mol. The van der Waals surface area contributed by atoms with Crippen LogP contribution in [0.15, 0.2) is 72.9 Å². The number of aromatic nitrogens is 3. The molecule has 4 aromatic rings. The molecule has 7 rings (SSSR count). The van der Waals surface area contributed by atoms with Crippen LogP contribution in [0.3, 0.4) is 0 Å². The molecule has 310 valence electrons. The minimum Gasteiger partial charge on any atom is -0.492 e. The molecule has 0 radical (unpaired) electrons. The van der Waals surface area contributed by atoms with E-state index in [9.17, 15) is 4.79 Å². The van der Waals surface area contributed by atoms with Gasteiger partial charge in [0.05, 0.1) is 17.4 Å². The number of piperidine rings is 1. The van der Waals surface area contributed by atoms with Crippen molar-refractivity contribution in [1.82, 2.24) is 29.8 Å². The second kappa shape index (κ2) is 18.2. The Morgan fingerprint density at radius 1 is 0.931 bits per heavy atom. The number of anilines is 2. The van der Waals surface area contributed by atoms with Gasteiger partial charge in [-0.15, -0.1) is 0 Å². The van der Waals surface area contributed by atoms with E-state index in [0.29, 0.717) is 55.3 Å². The molecule has 2 saturated heterocycles. The third kappa shape index (κ3) is 10.1. The maximum Gasteiger partial charge on any atom is 0.320 e. The van der Waals surface area contributed by atoms with E-state index in [1.807, 2.05) is 65.4 Å². The van der Waals surface area contributed by atoms with Gasteiger partial charge in [-0.3, -0.25) is 21.4 Å². The number of hydrogen-bond donors (Lipinski definition) is 4. The maximum atomic E-state index is 13.8. The zero-order valence-corrected chi connectivity index (χ0v) is 35.0. The number of rotatable bonds is 11. The fraction of sp³-hybridized carbons (Fsp3) is 0.511. The molecular formula is C45H63N10O3+. The quantitative estimate of drug-likeness (QED) is 0.0750. The third-order valence-electron chi connectivity index (χ3n) is 11.8. The van der Waals surface area contributed by atoms with Crippen LogP contribution in [-0.4, -0.2) is 95.3 Å². The summed E-state index contributed by atoms with van der Waals surface area (Å²) < 4.78 is 16.6. The first-order valence-corrected chi connectivity index (χ1v) is 21.1. The second-order valence-electron chi connectivity index (χ2n) is 17.3. The number of urea groups is 1. The zero-order valence-electron chi connectivity index (χ0n) is 35.0. The molecule has 13 heteroatoms. The van der Waals surface area contributed by atoms with Crippen LogP contribution in [0.4, 0.5) is 16.4 Å². The Morgan fingerprint density at radius 2 is 1.76 bits per heavy atom. The number of amides is 2. The second-order valence-corrected chi connectivity index (χ2v) is 17.3. The highest BCUT2D eigenvalue weighted by Gasteiger charge is 2.31. The summed E-state index contributed by atoms with van der Waals surface area (Å²) in [5.74, 6) is 3.20. The lowest BCUT2D eigenvalue weighted by atomic mass is 9.85. The summed E-state index contributed by atoms with van der Waals surface area (Å²) in [6, 6.07) is 21.6. The third-order valence-corrected chi connectivity index (χ3v) is 11.8. The van der Waals surface area contributed by atoms with Crippen molar-refractivity contribution in [3.63, 3.8) is 0 Å². The Hall–Kier alpha value is -5.14. The highest BCUT2D eigenvalue weighted by Crippen LogP contribution is 2.39. The predicted molar refractivity (Wildman–Crippen MR) is 229 cm³/mol. The van der Waals surface area contributed by atoms with Crippen LogP contribution in [0.25, 0.3) is 5.69 Å². The van der Waals surface area contributed by atoms with E-state index in [-0.39, 0.29) is 23.6 Å². The highest BCUT2D eigenvalue weighted by atomic mass is 16.5. The number of carbonyl (C=O) groups is 1. The Morgan fingerprint density at radius 3 is 2.57 bits per heavy atom. The summed E-state index contributed by atoms with van der Waals surface area (Å²) in [6.07, 6.45) is 7.71. The maximum absolute atomic E-state index is 13.8. The van der Waals surface area contributed by atoms with Gasteiger partial charge in [-0.2, -0.15) is 5.10 Å². The summed E-state index contributed by atoms with van der Waals surface area (Å²) in [4.78, 5) is 20.9. The van der Waals surface area contributed by atoms with Crippen molar-refractivity contribution in [1.29, 1.82) is 5.41 Å². The summed E-state index contributed by atoms with van der Waals surface area (Å²) in [5.41, 5.74) is 9.89. The molecule has 2 aromatic carbocycles. The molecule has 2 amide bonds. The topological polar surface area (TPSA) is 141 Å². The van der Waals surface area contributed by atoms with Crippen LogP contribution in [0.1, 0.15) is 95.2 Å². The number of fused-ring (bicyclic) bond motifs is 1. The standard InChI is InChI=1S/C45H62N10O3/c1-32-12-8-9-23-54(32)42(47)31-53-30-35(17-20-41(53)46)58-39-19-18-38(36-15-6-7-16-37(36)39)48-44(56)49-43-29-40(45(2,3)4)50-55(43)33-13-10-14-34(28-33)57-27-26-52-22-11-21-51(5)24-25-52/h6-7,10,13-17,20,28-30,32,38-39,46-47H,8-9,11-12,18-19,21-27,31H2,1-5H3,(H2,48,49,50,56)/p+1/t32-,38-,39?/m0/s1. The molecule has 4 heterocycles. The van der Waals surface area contributed by atoms with Crippen molar-refractivity contribution in [2.24, 2.45) is 0 Å². The van der Waals surface area contributed by atoms with Gasteiger partial charge in [0, 0.05) is 55.8 Å². The average Bonchev–Trinajstić information content (AvgIpc) is 3.52. The number of likely N-dealkylation sites (N-methyl/N-ethyl adjacent to an activating group) is 1. The molecule has 13 nitrogen and oxygen atoms in total. The van der Waals surface area contributed by atoms with Crippen LogP contribution in [-0.2, 0) is 12.0 Å². The van der Waals surface area contributed by atoms with Crippen molar-refractivity contribution < 1.29 is 18.8 Å². The van der Waals surface area contributed by atoms with Gasteiger partial charge in [0.15, 0.2) is 5.75 Å². The lowest BCUT2D eigenvalue weighted by Gasteiger charge is -2.35. The number of hydrogen-bond acceptors (Lipinski definition) is 8. The summed E-state index contributed by atoms with van der Waals surface area (Å²) >= 11 is 0. The van der Waals surface area contributed by atoms with Gasteiger partial charge in [-0.25, -0.2) is 14.0 Å². The fourth-order valence-electron chi connectivity index (χ4n) is 8.34. The highest BCUT2D eigenvalue weighted by molar-refractivity contribution is 5.89. The van der Waals surface area contributed by atoms with E-state index in [1.165, 1.54) is 12.8 Å². The molecule has 58 heavy (non-hydrogen) atoms. The Bertz CT molecular complexity index is 2040. The molecule has 3 atom stereocenters. The Kier molecular flexibility index (Phi) is 12.9. The number of ether oxygens (including phenoxy) is 2. The number of nitrogens with one attached hydrogen (secondary N) is 3. The van der Waals surface area contributed by atoms with Crippen molar-refractivity contribution in [3.05, 3.63) is 89.7 Å². The largest absolute Gasteiger partial charge is 0.492 e. The molecule has 2 fully saturated rings. The van der Waals surface area contributed by atoms with E-state index in [2.05, 4.69) is 72.2 Å². The molecule has 5 N–H and O–H groups in total. The fourth-order valence-corrected chi connectivity index (χ4v) is 8.34. The van der Waals surface area contributed by atoms with E-state index in [1.54, 1.807) is 4.68 Å². The van der Waals surface area contributed by atoms with Gasteiger partial charge in [-0.05, 0) is 94.9 Å². The van der Waals surface area contributed by atoms with Gasteiger partial charge in [-0.1, -0.05) is 51.1 Å². The van der Waals surface area contributed by atoms with Gasteiger partial charge >= 0.3 is 6.03 Å². The van der Waals surface area contributed by atoms with Crippen molar-refractivity contribution in [2.45, 2.75) is 96.4 Å². The van der Waals surface area contributed by atoms with Crippen LogP contribution in [0.2, 0.25) is 0 Å². The summed E-state index contributed by atoms with van der Waals surface area (Å²) in [6.45, 7) is 15.7. The molecule has 0 bridgehead atoms. The van der Waals surface area contributed by atoms with Gasteiger partial charge < -0.3 is 24.6 Å². The van der Waals surface area contributed by atoms with E-state index >= 15 is 0 Å². The number of nitrogens with zero attached hydrogens (tertiary/aromatic N) is 6. The molecule has 1 unspecified atom stereocenters. The van der Waals surface area contributed by atoms with Crippen LogP contribution >= 0.6 is 0 Å². The number of nitrogens with two attached hydrogens (primary N) is 1. The van der Waals surface area contributed by atoms with Gasteiger partial charge in [0.1, 0.15) is 42.9 Å². The molecule has 2 aliphatic heterocycles. The number of amidine groups is 1. The molecule has 0 spiro atoms. The first-order valence-electron chi connectivity index (χ1n) is 21.1. The zero-order chi connectivity index (χ0) is 40.8. The lowest BCUT2D eigenvalue weighted by Crippen LogP contribution is -2.50. The number of benzene rings is 2. The number of pyridine rings is 1. The Labute approximate surface area is 344 Å². The molecule has 0 saturated carbocycles. The number of nitrogen functional groups attached to an aromatic ring is 1. The monoisotopic (exact) mass is 792 g/mol. The number of carbonyl (C=O) groups excluding carboxylic acids is 1. The van der Waals surface area contributed by atoms with Crippen LogP contribution in [0, 0.1) is 5.41 Å². The number of likely N-dealkylation sites (tertiary alicyclic amines) is 1. The summed E-state index contributed by atoms with van der Waals surface area (Å²) in [5, 5.41) is 20.2. The van der Waals surface area contributed by atoms with Crippen molar-refractivity contribution >= 4 is 23.5 Å². The average molecular weight is 792 g/mol. The minimum atomic E-state index is -0.304. The minimum absolute atomic E-state index is 0.202. The normalized spacial score (nSPS) is 20.5. The van der Waals surface area contributed by atoms with Gasteiger partial charge in [0.2, 0.25) is 0 Å². The Balaban J connectivity index is 1.01. The van der Waals surface area contributed by atoms with E-state index < -0.39 is 0 Å². The lowest BCUT2D eigenvalue weighted by molar-refractivity contribution is -0.668. The summed E-state index contributed by atoms with van der Waals surface area (Å²) in [7, 11) is 2.18. The van der Waals surface area contributed by atoms with Gasteiger partial charge in [0.25, 0.3) is 5.82 Å². The van der Waals surface area contributed by atoms with Crippen LogP contribution < -0.4 is 30.4 Å². The van der Waals surface area contributed by atoms with E-state index in [0.717, 1.165) is 80.4 Å². The van der Waals surface area contributed by atoms with Crippen LogP contribution in [0.5, 0.6) is 11.5 Å². The molecule has 1 aliphatic carbocycles. The van der Waals surface area contributed by atoms with Crippen molar-refractivity contribution in [3.8, 4) is 17.2 Å². The predicted octanol–water partition coefficient (Wildman–Crippen LogP) is 6.68. The smallest absolute Gasteiger partial charge is 0.320 e.